The van der Waals surface area contributed by atoms with Crippen molar-refractivity contribution in [2.24, 2.45) is 5.92 Å². The molecule has 1 aromatic rings. The molecule has 7 heteroatoms. The van der Waals surface area contributed by atoms with E-state index >= 15 is 0 Å². The van der Waals surface area contributed by atoms with Crippen molar-refractivity contribution >= 4 is 17.7 Å². The van der Waals surface area contributed by atoms with E-state index in [0.29, 0.717) is 0 Å². The van der Waals surface area contributed by atoms with Gasteiger partial charge in [0, 0.05) is 21.7 Å². The first-order valence-electron chi connectivity index (χ1n) is 14.1. The maximum Gasteiger partial charge on any atom is 0.249 e. The average Bonchev–Trinajstić information content (AvgIpc) is 2.89. The van der Waals surface area contributed by atoms with Crippen molar-refractivity contribution in [3.63, 3.8) is 0 Å². The van der Waals surface area contributed by atoms with Gasteiger partial charge in [-0.3, -0.25) is 14.4 Å². The highest BCUT2D eigenvalue weighted by Crippen LogP contribution is 2.24. The second kappa shape index (κ2) is 8.31. The first-order chi connectivity index (χ1) is 17.4. The Morgan fingerprint density at radius 1 is 1.42 bits per heavy atom. The highest BCUT2D eigenvalue weighted by molar-refractivity contribution is 5.93. The summed E-state index contributed by atoms with van der Waals surface area (Å²) in [6.45, 7) is -5.24. The lowest BCUT2D eigenvalue weighted by Gasteiger charge is -2.24. The number of carbonyl (C=O) groups excluding carboxylic acids is 3. The summed E-state index contributed by atoms with van der Waals surface area (Å²) in [6.07, 6.45) is -3.51. The standard InChI is InChI=1S/C19H27N3O4/c1-11(2)16(23)18(25)20-12(3)17(24)21-15-14-8-6-5-7-13(14)9-10-22(4)19(15)26/h5-8,11-12,15-16,23H,9-10H2,1-4H3,(H,20,25)(H,21,24)/t12-,15-,16-/m0/s1/i3D3,4D3,5D,6D,7D,8D,12D,15D,16D. The lowest BCUT2D eigenvalue weighted by atomic mass is 9.99. The second-order valence-corrected chi connectivity index (χ2v) is 5.76. The van der Waals surface area contributed by atoms with Crippen LogP contribution in [0, 0.1) is 5.92 Å². The lowest BCUT2D eigenvalue weighted by molar-refractivity contribution is -0.137. The van der Waals surface area contributed by atoms with E-state index in [4.69, 9.17) is 17.8 Å². The average molecular weight is 375 g/mol. The van der Waals surface area contributed by atoms with Gasteiger partial charge < -0.3 is 20.6 Å². The molecule has 0 aromatic heterocycles. The minimum atomic E-state index is -3.76. The number of benzene rings is 1. The third-order valence-electron chi connectivity index (χ3n) is 3.54. The van der Waals surface area contributed by atoms with Gasteiger partial charge in [0.05, 0.1) is 9.60 Å². The number of fused-ring (bicyclic) bond motifs is 1. The third kappa shape index (κ3) is 4.40. The van der Waals surface area contributed by atoms with Gasteiger partial charge in [-0.1, -0.05) is 38.0 Å². The van der Waals surface area contributed by atoms with Crippen molar-refractivity contribution < 1.29 is 37.3 Å². The van der Waals surface area contributed by atoms with Gasteiger partial charge in [0.1, 0.15) is 18.1 Å². The molecule has 0 radical (unpaired) electrons. The minimum absolute atomic E-state index is 0.146. The molecule has 1 aromatic carbocycles. The number of likely N-dealkylation sites (N-methyl/N-ethyl adjacent to an activating group) is 1. The predicted molar refractivity (Wildman–Crippen MR) is 97.1 cm³/mol. The zero-order valence-electron chi connectivity index (χ0n) is 27.1. The van der Waals surface area contributed by atoms with Gasteiger partial charge >= 0.3 is 0 Å². The van der Waals surface area contributed by atoms with Gasteiger partial charge in [0.2, 0.25) is 17.7 Å². The van der Waals surface area contributed by atoms with E-state index in [0.717, 1.165) is 0 Å². The molecule has 1 aliphatic rings. The second-order valence-electron chi connectivity index (χ2n) is 5.76. The maximum absolute atomic E-state index is 13.5. The van der Waals surface area contributed by atoms with Crippen molar-refractivity contribution in [1.82, 2.24) is 15.5 Å². The van der Waals surface area contributed by atoms with Crippen LogP contribution in [0.4, 0.5) is 0 Å². The number of nitrogens with one attached hydrogen (secondary N) is 2. The molecule has 1 aliphatic heterocycles. The van der Waals surface area contributed by atoms with E-state index in [-0.39, 0.29) is 4.90 Å². The monoisotopic (exact) mass is 374 g/mol. The molecule has 3 amide bonds. The number of aliphatic hydroxyl groups is 1. The van der Waals surface area contributed by atoms with Crippen LogP contribution in [0.15, 0.2) is 24.2 Å². The Morgan fingerprint density at radius 3 is 2.81 bits per heavy atom. The zero-order valence-corrected chi connectivity index (χ0v) is 14.1. The van der Waals surface area contributed by atoms with Crippen LogP contribution in [-0.2, 0) is 20.8 Å². The Kier molecular flexibility index (Phi) is 2.72. The molecule has 1 heterocycles. The molecule has 0 unspecified atom stereocenters. The lowest BCUT2D eigenvalue weighted by Crippen LogP contribution is -2.51. The number of nitrogens with zero attached hydrogens (tertiary/aromatic N) is 1. The molecule has 0 spiro atoms. The van der Waals surface area contributed by atoms with Crippen molar-refractivity contribution in [3.05, 3.63) is 35.3 Å². The van der Waals surface area contributed by atoms with Gasteiger partial charge in [-0.2, -0.15) is 0 Å². The molecule has 142 valence electrons. The minimum Gasteiger partial charge on any atom is -0.383 e. The van der Waals surface area contributed by atoms with E-state index in [1.54, 1.807) is 5.32 Å². The van der Waals surface area contributed by atoms with E-state index in [9.17, 15) is 19.5 Å². The molecule has 0 saturated heterocycles. The predicted octanol–water partition coefficient (Wildman–Crippen LogP) is 0.380. The molecular weight excluding hydrogens is 334 g/mol. The zero-order chi connectivity index (χ0) is 30.7. The van der Waals surface area contributed by atoms with Gasteiger partial charge in [-0.05, 0) is 30.3 Å². The molecule has 7 nitrogen and oxygen atoms in total. The fourth-order valence-corrected chi connectivity index (χ4v) is 2.09. The van der Waals surface area contributed by atoms with Crippen LogP contribution in [0.25, 0.3) is 0 Å². The van der Waals surface area contributed by atoms with Crippen molar-refractivity contribution in [2.75, 3.05) is 13.5 Å². The summed E-state index contributed by atoms with van der Waals surface area (Å²) in [7, 11) is 0. The molecule has 0 bridgehead atoms. The maximum atomic E-state index is 13.5. The van der Waals surface area contributed by atoms with Gasteiger partial charge in [-0.15, -0.1) is 0 Å². The summed E-state index contributed by atoms with van der Waals surface area (Å²) in [6, 6.07) is -10.6. The van der Waals surface area contributed by atoms with Crippen LogP contribution in [0.3, 0.4) is 0 Å². The quantitative estimate of drug-likeness (QED) is 0.694. The normalized spacial score (nSPS) is 32.8. The van der Waals surface area contributed by atoms with Crippen LogP contribution >= 0.6 is 0 Å². The highest BCUT2D eigenvalue weighted by Gasteiger charge is 2.32. The molecule has 3 atom stereocenters. The summed E-state index contributed by atoms with van der Waals surface area (Å²) in [5, 5.41) is 13.2. The van der Waals surface area contributed by atoms with Crippen LogP contribution in [0.5, 0.6) is 0 Å². The molecule has 0 fully saturated rings. The van der Waals surface area contributed by atoms with Crippen LogP contribution in [-0.4, -0.2) is 53.3 Å². The van der Waals surface area contributed by atoms with Crippen LogP contribution < -0.4 is 10.6 Å². The van der Waals surface area contributed by atoms with E-state index in [2.05, 4.69) is 0 Å². The molecule has 2 rings (SSSR count). The number of hydrogen-bond donors (Lipinski definition) is 3. The highest BCUT2D eigenvalue weighted by atomic mass is 16.3. The smallest absolute Gasteiger partial charge is 0.249 e. The largest absolute Gasteiger partial charge is 0.383 e. The Bertz CT molecular complexity index is 1200. The van der Waals surface area contributed by atoms with Crippen molar-refractivity contribution in [3.8, 4) is 0 Å². The number of amides is 3. The fourth-order valence-electron chi connectivity index (χ4n) is 2.09. The fraction of sp³-hybridized carbons (Fsp3) is 0.526. The van der Waals surface area contributed by atoms with E-state index < -0.39 is 104 Å². The van der Waals surface area contributed by atoms with Crippen LogP contribution in [0.2, 0.25) is 0 Å². The van der Waals surface area contributed by atoms with E-state index in [1.165, 1.54) is 19.2 Å². The first kappa shape index (κ1) is 8.52. The third-order valence-corrected chi connectivity index (χ3v) is 3.54. The first-order valence-corrected chi connectivity index (χ1v) is 7.65. The number of hydrogen-bond acceptors (Lipinski definition) is 4. The summed E-state index contributed by atoms with van der Waals surface area (Å²) in [5.41, 5.74) is -1.29. The molecule has 0 saturated carbocycles. The van der Waals surface area contributed by atoms with E-state index in [1.807, 2.05) is 0 Å². The van der Waals surface area contributed by atoms with Gasteiger partial charge in [0.25, 0.3) is 0 Å². The van der Waals surface area contributed by atoms with Crippen molar-refractivity contribution in [2.45, 2.75) is 45.2 Å². The molecule has 26 heavy (non-hydrogen) atoms. The molecule has 3 N–H and O–H groups in total. The summed E-state index contributed by atoms with van der Waals surface area (Å²) >= 11 is 0. The van der Waals surface area contributed by atoms with Gasteiger partial charge in [-0.25, -0.2) is 0 Å². The Balaban J connectivity index is 2.81. The number of carbonyl (C=O) groups is 3. The Labute approximate surface area is 172 Å². The van der Waals surface area contributed by atoms with Crippen molar-refractivity contribution in [1.29, 1.82) is 0 Å². The summed E-state index contributed by atoms with van der Waals surface area (Å²) in [4.78, 5) is 39.5. The Morgan fingerprint density at radius 2 is 2.15 bits per heavy atom. The topological polar surface area (TPSA) is 98.7 Å². The number of rotatable bonds is 5. The van der Waals surface area contributed by atoms with Crippen LogP contribution in [0.1, 0.15) is 55.7 Å². The summed E-state index contributed by atoms with van der Waals surface area (Å²) in [5.74, 6) is -6.73. The summed E-state index contributed by atoms with van der Waals surface area (Å²) < 4.78 is 103. The molecule has 0 aliphatic carbocycles. The molecular formula is C19H27N3O4. The Hall–Kier alpha value is -2.41. The van der Waals surface area contributed by atoms with Gasteiger partial charge in [0.15, 0.2) is 0 Å². The SMILES string of the molecule is [2H]c1c([2H])c([2H])c2c(c1[2H])CCN(C([2H])([2H])[2H])C(=O)[C@@]2([2H])NC(=O)[C@@]([2H])(NC(=O)[C@@]([2H])(O)C(C)C)C([2H])([2H])[2H].